The molecule has 2 aromatic rings. The average molecular weight is 444 g/mol. The van der Waals surface area contributed by atoms with E-state index < -0.39 is 5.97 Å². The number of hydrogen-bond donors (Lipinski definition) is 0. The van der Waals surface area contributed by atoms with Crippen LogP contribution < -0.4 is 14.2 Å². The second-order valence-corrected chi connectivity index (χ2v) is 6.00. The SMILES string of the molecule is COC(=O)Cc1cc2c(OC)ccc(OC)c2c(OC(C)=O)c1I. The average Bonchev–Trinajstić information content (AvgIpc) is 2.56. The molecule has 0 saturated heterocycles. The smallest absolute Gasteiger partial charge is 0.310 e. The van der Waals surface area contributed by atoms with E-state index in [1.807, 2.05) is 28.7 Å². The first-order chi connectivity index (χ1) is 11.4. The number of fused-ring (bicyclic) bond motifs is 1. The number of ether oxygens (including phenoxy) is 4. The quantitative estimate of drug-likeness (QED) is 0.401. The van der Waals surface area contributed by atoms with Crippen LogP contribution >= 0.6 is 22.6 Å². The number of halogens is 1. The summed E-state index contributed by atoms with van der Waals surface area (Å²) in [5.41, 5.74) is 0.678. The van der Waals surface area contributed by atoms with E-state index in [0.29, 0.717) is 37.2 Å². The lowest BCUT2D eigenvalue weighted by Gasteiger charge is -2.17. The molecule has 0 aliphatic heterocycles. The van der Waals surface area contributed by atoms with Gasteiger partial charge in [-0.1, -0.05) is 0 Å². The van der Waals surface area contributed by atoms with E-state index in [1.165, 1.54) is 21.1 Å². The Morgan fingerprint density at radius 2 is 1.71 bits per heavy atom. The van der Waals surface area contributed by atoms with E-state index in [-0.39, 0.29) is 12.4 Å². The molecule has 0 heterocycles. The van der Waals surface area contributed by atoms with Gasteiger partial charge in [-0.05, 0) is 46.4 Å². The highest BCUT2D eigenvalue weighted by Gasteiger charge is 2.21. The highest BCUT2D eigenvalue weighted by atomic mass is 127. The highest BCUT2D eigenvalue weighted by molar-refractivity contribution is 14.1. The first-order valence-electron chi connectivity index (χ1n) is 7.04. The van der Waals surface area contributed by atoms with E-state index in [2.05, 4.69) is 0 Å². The van der Waals surface area contributed by atoms with Crippen LogP contribution in [0.2, 0.25) is 0 Å². The number of hydrogen-bond acceptors (Lipinski definition) is 6. The summed E-state index contributed by atoms with van der Waals surface area (Å²) < 4.78 is 21.6. The Morgan fingerprint density at radius 3 is 2.25 bits per heavy atom. The van der Waals surface area contributed by atoms with Crippen molar-refractivity contribution in [2.24, 2.45) is 0 Å². The Kier molecular flexibility index (Phi) is 5.87. The zero-order valence-electron chi connectivity index (χ0n) is 13.8. The van der Waals surface area contributed by atoms with Gasteiger partial charge in [0.1, 0.15) is 11.5 Å². The summed E-state index contributed by atoms with van der Waals surface area (Å²) in [4.78, 5) is 23.3. The largest absolute Gasteiger partial charge is 0.496 e. The van der Waals surface area contributed by atoms with Gasteiger partial charge in [0.05, 0.1) is 36.7 Å². The topological polar surface area (TPSA) is 71.1 Å². The van der Waals surface area contributed by atoms with Gasteiger partial charge in [0, 0.05) is 12.3 Å². The molecule has 0 aliphatic carbocycles. The van der Waals surface area contributed by atoms with Crippen molar-refractivity contribution in [2.45, 2.75) is 13.3 Å². The predicted octanol–water partition coefficient (Wildman–Crippen LogP) is 3.10. The van der Waals surface area contributed by atoms with Crippen molar-refractivity contribution in [3.8, 4) is 17.2 Å². The minimum Gasteiger partial charge on any atom is -0.496 e. The lowest BCUT2D eigenvalue weighted by atomic mass is 10.0. The van der Waals surface area contributed by atoms with Gasteiger partial charge < -0.3 is 18.9 Å². The first-order valence-corrected chi connectivity index (χ1v) is 8.12. The summed E-state index contributed by atoms with van der Waals surface area (Å²) in [7, 11) is 4.41. The van der Waals surface area contributed by atoms with E-state index in [0.717, 1.165) is 0 Å². The van der Waals surface area contributed by atoms with Crippen LogP contribution in [-0.2, 0) is 20.7 Å². The molecule has 0 spiro atoms. The van der Waals surface area contributed by atoms with Gasteiger partial charge in [0.15, 0.2) is 5.75 Å². The molecule has 24 heavy (non-hydrogen) atoms. The van der Waals surface area contributed by atoms with Gasteiger partial charge in [-0.3, -0.25) is 9.59 Å². The molecule has 0 bridgehead atoms. The molecule has 0 fully saturated rings. The molecular weight excluding hydrogens is 427 g/mol. The molecule has 128 valence electrons. The number of rotatable bonds is 5. The molecule has 0 radical (unpaired) electrons. The third-order valence-electron chi connectivity index (χ3n) is 3.44. The maximum absolute atomic E-state index is 11.7. The molecule has 0 aliphatic rings. The third-order valence-corrected chi connectivity index (χ3v) is 4.62. The number of benzene rings is 2. The lowest BCUT2D eigenvalue weighted by Crippen LogP contribution is -2.10. The zero-order valence-corrected chi connectivity index (χ0v) is 15.9. The van der Waals surface area contributed by atoms with Crippen LogP contribution in [0.4, 0.5) is 0 Å². The standard InChI is InChI=1S/C17H17IO6/c1-9(19)24-17-15-11(12(21-2)5-6-13(15)22-3)7-10(16(17)18)8-14(20)23-4/h5-7H,8H2,1-4H3. The molecule has 0 atom stereocenters. The zero-order chi connectivity index (χ0) is 17.9. The second-order valence-electron chi connectivity index (χ2n) is 4.92. The van der Waals surface area contributed by atoms with Gasteiger partial charge >= 0.3 is 11.9 Å². The molecule has 6 nitrogen and oxygen atoms in total. The fraction of sp³-hybridized carbons (Fsp3) is 0.294. The summed E-state index contributed by atoms with van der Waals surface area (Å²) in [5, 5.41) is 1.30. The fourth-order valence-corrected chi connectivity index (χ4v) is 3.12. The van der Waals surface area contributed by atoms with Crippen molar-refractivity contribution in [3.63, 3.8) is 0 Å². The van der Waals surface area contributed by atoms with Gasteiger partial charge in [0.2, 0.25) is 0 Å². The molecule has 0 amide bonds. The number of esters is 2. The van der Waals surface area contributed by atoms with E-state index >= 15 is 0 Å². The van der Waals surface area contributed by atoms with Crippen LogP contribution in [-0.4, -0.2) is 33.3 Å². The molecule has 7 heteroatoms. The van der Waals surface area contributed by atoms with E-state index in [9.17, 15) is 9.59 Å². The van der Waals surface area contributed by atoms with E-state index in [4.69, 9.17) is 18.9 Å². The van der Waals surface area contributed by atoms with Crippen LogP contribution in [0, 0.1) is 3.57 Å². The Morgan fingerprint density at radius 1 is 1.08 bits per heavy atom. The molecular formula is C17H17IO6. The summed E-state index contributed by atoms with van der Waals surface area (Å²) in [6, 6.07) is 5.32. The second kappa shape index (κ2) is 7.69. The van der Waals surface area contributed by atoms with Crippen molar-refractivity contribution in [2.75, 3.05) is 21.3 Å². The van der Waals surface area contributed by atoms with Crippen LogP contribution in [0.25, 0.3) is 10.8 Å². The van der Waals surface area contributed by atoms with Crippen LogP contribution in [0.15, 0.2) is 18.2 Å². The number of carbonyl (C=O) groups is 2. The fourth-order valence-electron chi connectivity index (χ4n) is 2.40. The van der Waals surface area contributed by atoms with Gasteiger partial charge in [-0.25, -0.2) is 0 Å². The molecule has 2 rings (SSSR count). The van der Waals surface area contributed by atoms with Crippen molar-refractivity contribution >= 4 is 45.3 Å². The molecule has 0 unspecified atom stereocenters. The van der Waals surface area contributed by atoms with Crippen LogP contribution in [0.5, 0.6) is 17.2 Å². The number of carbonyl (C=O) groups excluding carboxylic acids is 2. The first kappa shape index (κ1) is 18.3. The molecule has 0 N–H and O–H groups in total. The van der Waals surface area contributed by atoms with E-state index in [1.54, 1.807) is 19.2 Å². The number of methoxy groups -OCH3 is 3. The van der Waals surface area contributed by atoms with Gasteiger partial charge in [-0.15, -0.1) is 0 Å². The summed E-state index contributed by atoms with van der Waals surface area (Å²) in [6.07, 6.45) is 0.0549. The van der Waals surface area contributed by atoms with Crippen LogP contribution in [0.1, 0.15) is 12.5 Å². The normalized spacial score (nSPS) is 10.4. The van der Waals surface area contributed by atoms with Gasteiger partial charge in [0.25, 0.3) is 0 Å². The molecule has 2 aromatic carbocycles. The van der Waals surface area contributed by atoms with Crippen molar-refractivity contribution < 1.29 is 28.5 Å². The van der Waals surface area contributed by atoms with Crippen molar-refractivity contribution in [1.29, 1.82) is 0 Å². The maximum atomic E-state index is 11.7. The highest BCUT2D eigenvalue weighted by Crippen LogP contribution is 2.43. The van der Waals surface area contributed by atoms with Crippen molar-refractivity contribution in [3.05, 3.63) is 27.3 Å². The summed E-state index contributed by atoms with van der Waals surface area (Å²) >= 11 is 2.05. The predicted molar refractivity (Wildman–Crippen MR) is 96.8 cm³/mol. The van der Waals surface area contributed by atoms with Crippen molar-refractivity contribution in [1.82, 2.24) is 0 Å². The summed E-state index contributed by atoms with van der Waals surface area (Å²) in [5.74, 6) is 0.624. The Labute approximate surface area is 153 Å². The van der Waals surface area contributed by atoms with Crippen LogP contribution in [0.3, 0.4) is 0 Å². The molecule has 0 saturated carbocycles. The van der Waals surface area contributed by atoms with Gasteiger partial charge in [-0.2, -0.15) is 0 Å². The lowest BCUT2D eigenvalue weighted by molar-refractivity contribution is -0.139. The molecule has 0 aromatic heterocycles. The Hall–Kier alpha value is -2.03. The minimum atomic E-state index is -0.464. The maximum Gasteiger partial charge on any atom is 0.310 e. The minimum absolute atomic E-state index is 0.0549. The Balaban J connectivity index is 2.85. The Bertz CT molecular complexity index is 800. The third kappa shape index (κ3) is 3.55. The summed E-state index contributed by atoms with van der Waals surface area (Å²) in [6.45, 7) is 1.32. The monoisotopic (exact) mass is 444 g/mol.